The first-order valence-corrected chi connectivity index (χ1v) is 7.06. The van der Waals surface area contributed by atoms with Crippen molar-refractivity contribution in [2.45, 2.75) is 24.4 Å². The highest BCUT2D eigenvalue weighted by Gasteiger charge is 2.47. The molecule has 4 atom stereocenters. The molecule has 2 heteroatoms. The van der Waals surface area contributed by atoms with Gasteiger partial charge >= 0.3 is 0 Å². The fraction of sp³-hybridized carbons (Fsp3) is 0.278. The fourth-order valence-corrected chi connectivity index (χ4v) is 3.87. The van der Waals surface area contributed by atoms with Crippen LogP contribution in [0.4, 0.5) is 0 Å². The van der Waals surface area contributed by atoms with Crippen LogP contribution in [0.2, 0.25) is 0 Å². The van der Waals surface area contributed by atoms with Gasteiger partial charge in [-0.1, -0.05) is 48.5 Å². The van der Waals surface area contributed by atoms with Crippen molar-refractivity contribution in [1.29, 1.82) is 5.26 Å². The summed E-state index contributed by atoms with van der Waals surface area (Å²) in [7, 11) is 0. The van der Waals surface area contributed by atoms with Crippen LogP contribution in [0, 0.1) is 17.2 Å². The van der Waals surface area contributed by atoms with Crippen molar-refractivity contribution in [2.24, 2.45) is 5.92 Å². The molecule has 0 amide bonds. The van der Waals surface area contributed by atoms with Gasteiger partial charge in [0.2, 0.25) is 0 Å². The second-order valence-electron chi connectivity index (χ2n) is 5.76. The van der Waals surface area contributed by atoms with Crippen molar-refractivity contribution in [3.8, 4) is 6.07 Å². The molecule has 2 aromatic rings. The van der Waals surface area contributed by atoms with Crippen LogP contribution in [0.5, 0.6) is 0 Å². The Balaban J connectivity index is 1.98. The zero-order valence-corrected chi connectivity index (χ0v) is 11.0. The molecule has 0 aliphatic heterocycles. The Morgan fingerprint density at radius 2 is 1.45 bits per heavy atom. The van der Waals surface area contributed by atoms with Crippen LogP contribution in [-0.4, -0.2) is 5.11 Å². The van der Waals surface area contributed by atoms with E-state index in [2.05, 4.69) is 18.2 Å². The summed E-state index contributed by atoms with van der Waals surface area (Å²) in [6.45, 7) is 0. The van der Waals surface area contributed by atoms with Gasteiger partial charge in [0, 0.05) is 5.92 Å². The van der Waals surface area contributed by atoms with E-state index in [-0.39, 0.29) is 11.8 Å². The van der Waals surface area contributed by atoms with E-state index in [4.69, 9.17) is 0 Å². The van der Waals surface area contributed by atoms with E-state index in [1.807, 2.05) is 36.4 Å². The van der Waals surface area contributed by atoms with Gasteiger partial charge in [0.25, 0.3) is 0 Å². The molecule has 20 heavy (non-hydrogen) atoms. The lowest BCUT2D eigenvalue weighted by molar-refractivity contribution is 0.219. The maximum Gasteiger partial charge on any atom is 0.105 e. The van der Waals surface area contributed by atoms with Crippen molar-refractivity contribution in [2.75, 3.05) is 0 Å². The number of benzene rings is 2. The minimum absolute atomic E-state index is 0.0690. The van der Waals surface area contributed by atoms with E-state index in [0.717, 1.165) is 23.1 Å². The maximum absolute atomic E-state index is 10.7. The van der Waals surface area contributed by atoms with Gasteiger partial charge < -0.3 is 5.11 Å². The van der Waals surface area contributed by atoms with Gasteiger partial charge in [-0.2, -0.15) is 5.26 Å². The van der Waals surface area contributed by atoms with Crippen molar-refractivity contribution in [3.05, 3.63) is 70.8 Å². The highest BCUT2D eigenvalue weighted by Crippen LogP contribution is 2.57. The van der Waals surface area contributed by atoms with E-state index in [1.54, 1.807) is 0 Å². The average Bonchev–Trinajstić information content (AvgIpc) is 2.54. The van der Waals surface area contributed by atoms with Gasteiger partial charge in [0.1, 0.15) is 6.10 Å². The highest BCUT2D eigenvalue weighted by molar-refractivity contribution is 5.50. The molecule has 2 unspecified atom stereocenters. The van der Waals surface area contributed by atoms with Gasteiger partial charge in [-0.05, 0) is 34.6 Å². The number of rotatable bonds is 0. The number of nitriles is 1. The SMILES string of the molecule is N#CC1C[C@H]2c3ccccc3C(O)c3ccccc3[C@@H]12. The third kappa shape index (κ3) is 1.42. The molecular weight excluding hydrogens is 246 g/mol. The van der Waals surface area contributed by atoms with Crippen LogP contribution in [0.3, 0.4) is 0 Å². The molecule has 1 saturated carbocycles. The maximum atomic E-state index is 10.7. The Morgan fingerprint density at radius 3 is 2.10 bits per heavy atom. The van der Waals surface area contributed by atoms with E-state index >= 15 is 0 Å². The molecule has 2 aliphatic rings. The molecule has 2 nitrogen and oxygen atoms in total. The smallest absolute Gasteiger partial charge is 0.105 e. The zero-order chi connectivity index (χ0) is 13.7. The van der Waals surface area contributed by atoms with E-state index in [0.29, 0.717) is 5.92 Å². The molecule has 0 heterocycles. The van der Waals surface area contributed by atoms with E-state index < -0.39 is 6.10 Å². The minimum Gasteiger partial charge on any atom is -0.384 e. The number of hydrogen-bond acceptors (Lipinski definition) is 2. The first-order valence-electron chi connectivity index (χ1n) is 7.06. The monoisotopic (exact) mass is 261 g/mol. The van der Waals surface area contributed by atoms with Gasteiger partial charge in [0.05, 0.1) is 12.0 Å². The highest BCUT2D eigenvalue weighted by atomic mass is 16.3. The van der Waals surface area contributed by atoms with Gasteiger partial charge in [-0.25, -0.2) is 0 Å². The van der Waals surface area contributed by atoms with Crippen molar-refractivity contribution in [1.82, 2.24) is 0 Å². The summed E-state index contributed by atoms with van der Waals surface area (Å²) in [5.74, 6) is 0.670. The lowest BCUT2D eigenvalue weighted by atomic mass is 9.60. The second-order valence-corrected chi connectivity index (χ2v) is 5.76. The molecule has 0 aromatic heterocycles. The summed E-state index contributed by atoms with van der Waals surface area (Å²) in [6.07, 6.45) is 0.325. The first kappa shape index (κ1) is 11.7. The molecule has 98 valence electrons. The van der Waals surface area contributed by atoms with Crippen LogP contribution in [-0.2, 0) is 0 Å². The lowest BCUT2D eigenvalue weighted by Gasteiger charge is -2.41. The van der Waals surface area contributed by atoms with E-state index in [1.165, 1.54) is 5.56 Å². The normalized spacial score (nSPS) is 30.0. The summed E-state index contributed by atoms with van der Waals surface area (Å²) in [5, 5.41) is 20.1. The molecule has 0 radical (unpaired) electrons. The van der Waals surface area contributed by atoms with Crippen LogP contribution < -0.4 is 0 Å². The largest absolute Gasteiger partial charge is 0.384 e. The number of aliphatic hydroxyl groups excluding tert-OH is 1. The topological polar surface area (TPSA) is 44.0 Å². The number of nitrogens with zero attached hydrogens (tertiary/aromatic N) is 1. The zero-order valence-electron chi connectivity index (χ0n) is 11.0. The Bertz CT molecular complexity index is 715. The number of aliphatic hydroxyl groups is 1. The predicted octanol–water partition coefficient (Wildman–Crippen LogP) is 3.49. The third-order valence-corrected chi connectivity index (χ3v) is 4.88. The summed E-state index contributed by atoms with van der Waals surface area (Å²) >= 11 is 0. The molecule has 0 saturated heterocycles. The van der Waals surface area contributed by atoms with E-state index in [9.17, 15) is 10.4 Å². The standard InChI is InChI=1S/C18H15NO/c19-10-11-9-16-12-5-1-3-7-14(12)18(20)15-8-4-2-6-13(15)17(11)16/h1-8,11,16-18,20H,9H2/t11?,16-,17+,18?/m0/s1. The number of fused-ring (bicyclic) bond motifs is 5. The molecule has 0 spiro atoms. The van der Waals surface area contributed by atoms with Crippen LogP contribution in [0.15, 0.2) is 48.5 Å². The number of hydrogen-bond donors (Lipinski definition) is 1. The molecule has 4 rings (SSSR count). The Kier molecular flexibility index (Phi) is 2.45. The summed E-state index contributed by atoms with van der Waals surface area (Å²) < 4.78 is 0. The van der Waals surface area contributed by atoms with Gasteiger partial charge in [-0.15, -0.1) is 0 Å². The van der Waals surface area contributed by atoms with Crippen molar-refractivity contribution < 1.29 is 5.11 Å². The van der Waals surface area contributed by atoms with Gasteiger partial charge in [0.15, 0.2) is 0 Å². The Labute approximate surface area is 118 Å². The van der Waals surface area contributed by atoms with Crippen LogP contribution in [0.25, 0.3) is 0 Å². The average molecular weight is 261 g/mol. The second kappa shape index (κ2) is 4.19. The summed E-state index contributed by atoms with van der Waals surface area (Å²) in [6, 6.07) is 18.6. The van der Waals surface area contributed by atoms with Crippen molar-refractivity contribution >= 4 is 0 Å². The minimum atomic E-state index is -0.577. The molecule has 1 N–H and O–H groups in total. The molecule has 2 aliphatic carbocycles. The quantitative estimate of drug-likeness (QED) is 0.789. The Morgan fingerprint density at radius 1 is 0.900 bits per heavy atom. The Hall–Kier alpha value is -2.11. The van der Waals surface area contributed by atoms with Crippen LogP contribution >= 0.6 is 0 Å². The molecule has 0 bridgehead atoms. The molecular formula is C18H15NO. The predicted molar refractivity (Wildman–Crippen MR) is 76.1 cm³/mol. The molecule has 1 fully saturated rings. The fourth-order valence-electron chi connectivity index (χ4n) is 3.87. The van der Waals surface area contributed by atoms with Crippen molar-refractivity contribution in [3.63, 3.8) is 0 Å². The molecule has 2 aromatic carbocycles. The van der Waals surface area contributed by atoms with Gasteiger partial charge in [-0.3, -0.25) is 0 Å². The third-order valence-electron chi connectivity index (χ3n) is 4.88. The lowest BCUT2D eigenvalue weighted by Crippen LogP contribution is -2.32. The first-order chi connectivity index (χ1) is 9.81. The summed E-state index contributed by atoms with van der Waals surface area (Å²) in [5.41, 5.74) is 4.34. The van der Waals surface area contributed by atoms with Crippen LogP contribution in [0.1, 0.15) is 46.6 Å². The summed E-state index contributed by atoms with van der Waals surface area (Å²) in [4.78, 5) is 0.